The third-order valence-corrected chi connectivity index (χ3v) is 5.36. The third kappa shape index (κ3) is 3.24. The second-order valence-electron chi connectivity index (χ2n) is 7.54. The molecule has 1 aromatic heterocycles. The van der Waals surface area contributed by atoms with Gasteiger partial charge in [0.05, 0.1) is 23.1 Å². The molecule has 1 aliphatic carbocycles. The number of H-pyrrole nitrogens is 2. The molecular formula is C18H25N3O3. The second-order valence-corrected chi connectivity index (χ2v) is 7.54. The summed E-state index contributed by atoms with van der Waals surface area (Å²) in [5.41, 5.74) is 0.976. The molecule has 0 bridgehead atoms. The van der Waals surface area contributed by atoms with Crippen molar-refractivity contribution < 1.29 is 9.90 Å². The van der Waals surface area contributed by atoms with E-state index in [1.54, 1.807) is 6.07 Å². The first-order valence-electron chi connectivity index (χ1n) is 8.49. The van der Waals surface area contributed by atoms with Crippen LogP contribution in [-0.4, -0.2) is 33.1 Å². The van der Waals surface area contributed by atoms with Crippen LogP contribution in [0, 0.1) is 5.41 Å². The lowest BCUT2D eigenvalue weighted by Crippen LogP contribution is -2.49. The van der Waals surface area contributed by atoms with Gasteiger partial charge in [-0.2, -0.15) is 0 Å². The van der Waals surface area contributed by atoms with E-state index in [9.17, 15) is 14.7 Å². The fourth-order valence-corrected chi connectivity index (χ4v) is 3.56. The molecule has 1 aromatic carbocycles. The van der Waals surface area contributed by atoms with Crippen LogP contribution >= 0.6 is 0 Å². The Labute approximate surface area is 140 Å². The van der Waals surface area contributed by atoms with E-state index in [0.29, 0.717) is 12.1 Å². The number of aromatic nitrogens is 2. The smallest absolute Gasteiger partial charge is 0.323 e. The molecule has 2 aromatic rings. The molecule has 1 saturated carbocycles. The van der Waals surface area contributed by atoms with Gasteiger partial charge in [-0.15, -0.1) is 0 Å². The maximum atomic E-state index is 12.2. The molecule has 0 aliphatic heterocycles. The van der Waals surface area contributed by atoms with Crippen LogP contribution in [0.2, 0.25) is 0 Å². The number of aliphatic hydroxyl groups is 1. The average molecular weight is 331 g/mol. The Hall–Kier alpha value is -2.08. The number of carbonyl (C=O) groups excluding carboxylic acids is 1. The van der Waals surface area contributed by atoms with Crippen LogP contribution < -0.4 is 11.0 Å². The number of aromatic amines is 2. The molecule has 1 amide bonds. The number of imidazole rings is 1. The van der Waals surface area contributed by atoms with E-state index >= 15 is 0 Å². The molecule has 4 N–H and O–H groups in total. The Balaban J connectivity index is 1.61. The fourth-order valence-electron chi connectivity index (χ4n) is 3.56. The lowest BCUT2D eigenvalue weighted by atomic mass is 9.73. The normalized spacial score (nSPS) is 17.3. The molecule has 0 spiro atoms. The molecule has 1 fully saturated rings. The minimum atomic E-state index is -0.691. The van der Waals surface area contributed by atoms with Gasteiger partial charge in [-0.05, 0) is 30.5 Å². The molecule has 6 heteroatoms. The molecule has 0 atom stereocenters. The zero-order valence-corrected chi connectivity index (χ0v) is 14.2. The maximum Gasteiger partial charge on any atom is 0.323 e. The van der Waals surface area contributed by atoms with Crippen LogP contribution in [0.3, 0.4) is 0 Å². The first-order chi connectivity index (χ1) is 11.3. The van der Waals surface area contributed by atoms with Gasteiger partial charge in [0.1, 0.15) is 0 Å². The minimum Gasteiger partial charge on any atom is -0.389 e. The quantitative estimate of drug-likeness (QED) is 0.673. The lowest BCUT2D eigenvalue weighted by Gasteiger charge is -2.40. The van der Waals surface area contributed by atoms with Crippen molar-refractivity contribution >= 4 is 16.9 Å². The first kappa shape index (κ1) is 16.8. The van der Waals surface area contributed by atoms with Crippen molar-refractivity contribution in [3.8, 4) is 0 Å². The van der Waals surface area contributed by atoms with Gasteiger partial charge in [-0.3, -0.25) is 4.79 Å². The highest BCUT2D eigenvalue weighted by atomic mass is 16.3. The number of rotatable bonds is 5. The number of hydrogen-bond acceptors (Lipinski definition) is 3. The molecule has 0 radical (unpaired) electrons. The summed E-state index contributed by atoms with van der Waals surface area (Å²) in [5.74, 6) is -0.0816. The van der Waals surface area contributed by atoms with Gasteiger partial charge in [0.15, 0.2) is 0 Å². The van der Waals surface area contributed by atoms with E-state index in [0.717, 1.165) is 36.8 Å². The standard InChI is InChI=1S/C18H25N3O3/c1-17(2,18(24)7-3-4-8-18)11-19-15(22)10-12-5-6-13-14(9-12)21-16(23)20-13/h5-6,9,24H,3-4,7-8,10-11H2,1-2H3,(H,19,22)(H2,20,21,23). The molecular weight excluding hydrogens is 306 g/mol. The number of amides is 1. The summed E-state index contributed by atoms with van der Waals surface area (Å²) in [6, 6.07) is 5.44. The van der Waals surface area contributed by atoms with Crippen molar-refractivity contribution in [2.24, 2.45) is 5.41 Å². The highest BCUT2D eigenvalue weighted by Crippen LogP contribution is 2.43. The van der Waals surface area contributed by atoms with E-state index in [2.05, 4.69) is 15.3 Å². The van der Waals surface area contributed by atoms with Gasteiger partial charge in [-0.25, -0.2) is 4.79 Å². The van der Waals surface area contributed by atoms with E-state index in [1.165, 1.54) is 0 Å². The largest absolute Gasteiger partial charge is 0.389 e. The van der Waals surface area contributed by atoms with Gasteiger partial charge in [-0.1, -0.05) is 32.8 Å². The summed E-state index contributed by atoms with van der Waals surface area (Å²) >= 11 is 0. The number of hydrogen-bond donors (Lipinski definition) is 4. The van der Waals surface area contributed by atoms with Crippen LogP contribution in [0.4, 0.5) is 0 Å². The number of fused-ring (bicyclic) bond motifs is 1. The summed E-state index contributed by atoms with van der Waals surface area (Å²) < 4.78 is 0. The molecule has 0 saturated heterocycles. The zero-order chi connectivity index (χ0) is 17.4. The number of carbonyl (C=O) groups is 1. The van der Waals surface area contributed by atoms with Gasteiger partial charge < -0.3 is 20.4 Å². The van der Waals surface area contributed by atoms with Gasteiger partial charge in [0.25, 0.3) is 0 Å². The van der Waals surface area contributed by atoms with Crippen molar-refractivity contribution in [2.75, 3.05) is 6.54 Å². The van der Waals surface area contributed by atoms with Crippen molar-refractivity contribution in [1.29, 1.82) is 0 Å². The Morgan fingerprint density at radius 1 is 1.25 bits per heavy atom. The zero-order valence-electron chi connectivity index (χ0n) is 14.2. The van der Waals surface area contributed by atoms with Gasteiger partial charge in [0.2, 0.25) is 5.91 Å². The van der Waals surface area contributed by atoms with Crippen LogP contribution in [-0.2, 0) is 11.2 Å². The van der Waals surface area contributed by atoms with E-state index in [1.807, 2.05) is 26.0 Å². The molecule has 6 nitrogen and oxygen atoms in total. The summed E-state index contributed by atoms with van der Waals surface area (Å²) in [5, 5.41) is 13.7. The molecule has 3 rings (SSSR count). The Bertz CT molecular complexity index is 797. The molecule has 24 heavy (non-hydrogen) atoms. The number of benzene rings is 1. The average Bonchev–Trinajstić information content (AvgIpc) is 3.11. The van der Waals surface area contributed by atoms with Gasteiger partial charge >= 0.3 is 5.69 Å². The van der Waals surface area contributed by atoms with Crippen molar-refractivity contribution in [3.63, 3.8) is 0 Å². The first-order valence-corrected chi connectivity index (χ1v) is 8.49. The summed E-state index contributed by atoms with van der Waals surface area (Å²) in [7, 11) is 0. The van der Waals surface area contributed by atoms with E-state index < -0.39 is 5.60 Å². The van der Waals surface area contributed by atoms with Crippen molar-refractivity contribution in [3.05, 3.63) is 34.2 Å². The van der Waals surface area contributed by atoms with Crippen LogP contribution in [0.25, 0.3) is 11.0 Å². The third-order valence-electron chi connectivity index (χ3n) is 5.36. The monoisotopic (exact) mass is 331 g/mol. The second kappa shape index (κ2) is 6.09. The SMILES string of the molecule is CC(C)(CNC(=O)Cc1ccc2[nH]c(=O)[nH]c2c1)C1(O)CCCC1. The van der Waals surface area contributed by atoms with Crippen LogP contribution in [0.1, 0.15) is 45.1 Å². The number of nitrogens with one attached hydrogen (secondary N) is 3. The molecule has 1 heterocycles. The van der Waals surface area contributed by atoms with E-state index in [-0.39, 0.29) is 23.4 Å². The summed E-state index contributed by atoms with van der Waals surface area (Å²) in [6.07, 6.45) is 3.93. The Kier molecular flexibility index (Phi) is 4.25. The van der Waals surface area contributed by atoms with Crippen LogP contribution in [0.15, 0.2) is 23.0 Å². The minimum absolute atomic E-state index is 0.0816. The Morgan fingerprint density at radius 3 is 2.62 bits per heavy atom. The summed E-state index contributed by atoms with van der Waals surface area (Å²) in [6.45, 7) is 4.47. The maximum absolute atomic E-state index is 12.2. The fraction of sp³-hybridized carbons (Fsp3) is 0.556. The highest BCUT2D eigenvalue weighted by molar-refractivity contribution is 5.81. The predicted molar refractivity (Wildman–Crippen MR) is 92.8 cm³/mol. The highest BCUT2D eigenvalue weighted by Gasteiger charge is 2.45. The van der Waals surface area contributed by atoms with Crippen LogP contribution in [0.5, 0.6) is 0 Å². The predicted octanol–water partition coefficient (Wildman–Crippen LogP) is 1.85. The van der Waals surface area contributed by atoms with Gasteiger partial charge in [0, 0.05) is 12.0 Å². The topological polar surface area (TPSA) is 98.0 Å². The summed E-state index contributed by atoms with van der Waals surface area (Å²) in [4.78, 5) is 28.9. The molecule has 0 unspecified atom stereocenters. The van der Waals surface area contributed by atoms with Crippen molar-refractivity contribution in [1.82, 2.24) is 15.3 Å². The van der Waals surface area contributed by atoms with Crippen molar-refractivity contribution in [2.45, 2.75) is 51.6 Å². The Morgan fingerprint density at radius 2 is 1.92 bits per heavy atom. The molecule has 130 valence electrons. The van der Waals surface area contributed by atoms with E-state index in [4.69, 9.17) is 0 Å². The lowest BCUT2D eigenvalue weighted by molar-refractivity contribution is -0.122. The molecule has 1 aliphatic rings.